The molecule has 1 amide bonds. The quantitative estimate of drug-likeness (QED) is 0.881. The van der Waals surface area contributed by atoms with Crippen LogP contribution in [0.15, 0.2) is 24.3 Å². The number of anilines is 1. The van der Waals surface area contributed by atoms with E-state index in [0.717, 1.165) is 12.1 Å². The van der Waals surface area contributed by atoms with E-state index >= 15 is 0 Å². The van der Waals surface area contributed by atoms with E-state index < -0.39 is 35.6 Å². The van der Waals surface area contributed by atoms with Crippen molar-refractivity contribution >= 4 is 17.6 Å². The SMILES string of the molecule is CC(C(=O)Nc1cccc(C(F)(F)F)c1)N1CCCC(C(=O)O)C1. The lowest BCUT2D eigenvalue weighted by atomic mass is 9.97. The summed E-state index contributed by atoms with van der Waals surface area (Å²) in [4.78, 5) is 25.1. The van der Waals surface area contributed by atoms with Gasteiger partial charge in [0.05, 0.1) is 17.5 Å². The van der Waals surface area contributed by atoms with Crippen molar-refractivity contribution in [3.63, 3.8) is 0 Å². The molecule has 0 aromatic heterocycles. The van der Waals surface area contributed by atoms with Crippen LogP contribution in [0.4, 0.5) is 18.9 Å². The fourth-order valence-electron chi connectivity index (χ4n) is 2.75. The Morgan fingerprint density at radius 3 is 2.71 bits per heavy atom. The predicted octanol–water partition coefficient (Wildman–Crippen LogP) is 2.83. The summed E-state index contributed by atoms with van der Waals surface area (Å²) >= 11 is 0. The first kappa shape index (κ1) is 18.3. The molecule has 2 rings (SSSR count). The van der Waals surface area contributed by atoms with Crippen LogP contribution in [0.1, 0.15) is 25.3 Å². The van der Waals surface area contributed by atoms with Crippen LogP contribution in [0.5, 0.6) is 0 Å². The molecule has 2 atom stereocenters. The van der Waals surface area contributed by atoms with Crippen molar-refractivity contribution in [3.8, 4) is 0 Å². The average Bonchev–Trinajstić information content (AvgIpc) is 2.53. The molecule has 0 saturated carbocycles. The van der Waals surface area contributed by atoms with E-state index in [1.54, 1.807) is 11.8 Å². The monoisotopic (exact) mass is 344 g/mol. The Hall–Kier alpha value is -2.09. The number of carboxylic acids is 1. The predicted molar refractivity (Wildman–Crippen MR) is 81.5 cm³/mol. The Bertz CT molecular complexity index is 619. The van der Waals surface area contributed by atoms with Gasteiger partial charge in [-0.3, -0.25) is 14.5 Å². The molecule has 1 aliphatic heterocycles. The Labute approximate surface area is 137 Å². The minimum Gasteiger partial charge on any atom is -0.481 e. The van der Waals surface area contributed by atoms with Crippen molar-refractivity contribution in [1.29, 1.82) is 0 Å². The maximum atomic E-state index is 12.7. The van der Waals surface area contributed by atoms with Gasteiger partial charge in [-0.25, -0.2) is 0 Å². The number of nitrogens with zero attached hydrogens (tertiary/aromatic N) is 1. The zero-order chi connectivity index (χ0) is 17.9. The summed E-state index contributed by atoms with van der Waals surface area (Å²) in [5, 5.41) is 11.6. The molecule has 0 aliphatic carbocycles. The molecule has 24 heavy (non-hydrogen) atoms. The van der Waals surface area contributed by atoms with Gasteiger partial charge in [0.2, 0.25) is 5.91 Å². The summed E-state index contributed by atoms with van der Waals surface area (Å²) in [6.45, 7) is 2.46. The number of nitrogens with one attached hydrogen (secondary N) is 1. The van der Waals surface area contributed by atoms with E-state index in [1.165, 1.54) is 12.1 Å². The Morgan fingerprint density at radius 2 is 2.08 bits per heavy atom. The first-order valence-corrected chi connectivity index (χ1v) is 7.63. The summed E-state index contributed by atoms with van der Waals surface area (Å²) in [6, 6.07) is 3.80. The highest BCUT2D eigenvalue weighted by molar-refractivity contribution is 5.94. The molecule has 8 heteroatoms. The zero-order valence-electron chi connectivity index (χ0n) is 13.1. The van der Waals surface area contributed by atoms with Crippen LogP contribution in [-0.4, -0.2) is 41.0 Å². The smallest absolute Gasteiger partial charge is 0.416 e. The molecular weight excluding hydrogens is 325 g/mol. The second kappa shape index (κ2) is 7.21. The van der Waals surface area contributed by atoms with E-state index in [0.29, 0.717) is 19.4 Å². The third-order valence-corrected chi connectivity index (χ3v) is 4.19. The standard InChI is InChI=1S/C16H19F3N2O3/c1-10(21-7-3-4-11(9-21)15(23)24)14(22)20-13-6-2-5-12(8-13)16(17,18)19/h2,5-6,8,10-11H,3-4,7,9H2,1H3,(H,20,22)(H,23,24). The number of carbonyl (C=O) groups is 2. The molecule has 1 heterocycles. The number of alkyl halides is 3. The van der Waals surface area contributed by atoms with Gasteiger partial charge in [0.25, 0.3) is 0 Å². The highest BCUT2D eigenvalue weighted by Gasteiger charge is 2.32. The highest BCUT2D eigenvalue weighted by Crippen LogP contribution is 2.30. The lowest BCUT2D eigenvalue weighted by molar-refractivity contribution is -0.144. The van der Waals surface area contributed by atoms with Gasteiger partial charge in [-0.2, -0.15) is 13.2 Å². The fraction of sp³-hybridized carbons (Fsp3) is 0.500. The summed E-state index contributed by atoms with van der Waals surface area (Å²) in [5.74, 6) is -1.88. The minimum atomic E-state index is -4.48. The van der Waals surface area contributed by atoms with E-state index in [2.05, 4.69) is 5.32 Å². The van der Waals surface area contributed by atoms with E-state index in [4.69, 9.17) is 5.11 Å². The molecule has 0 spiro atoms. The summed E-state index contributed by atoms with van der Waals surface area (Å²) in [5.41, 5.74) is -0.773. The number of carboxylic acid groups (broad SMARTS) is 1. The molecular formula is C16H19F3N2O3. The first-order valence-electron chi connectivity index (χ1n) is 7.63. The first-order chi connectivity index (χ1) is 11.2. The normalized spacial score (nSPS) is 20.4. The van der Waals surface area contributed by atoms with Crippen molar-refractivity contribution in [2.24, 2.45) is 5.92 Å². The molecule has 0 radical (unpaired) electrons. The number of halogens is 3. The van der Waals surface area contributed by atoms with Crippen molar-refractivity contribution in [2.45, 2.75) is 32.0 Å². The van der Waals surface area contributed by atoms with Gasteiger partial charge >= 0.3 is 12.1 Å². The second-order valence-corrected chi connectivity index (χ2v) is 5.92. The highest BCUT2D eigenvalue weighted by atomic mass is 19.4. The van der Waals surface area contributed by atoms with Crippen LogP contribution in [0, 0.1) is 5.92 Å². The molecule has 1 aromatic carbocycles. The van der Waals surface area contributed by atoms with Gasteiger partial charge in [-0.1, -0.05) is 6.07 Å². The fourth-order valence-corrected chi connectivity index (χ4v) is 2.75. The third kappa shape index (κ3) is 4.47. The molecule has 1 saturated heterocycles. The molecule has 2 unspecified atom stereocenters. The summed E-state index contributed by atoms with van der Waals surface area (Å²) in [6.07, 6.45) is -3.25. The molecule has 1 aliphatic rings. The summed E-state index contributed by atoms with van der Waals surface area (Å²) < 4.78 is 38.1. The number of carbonyl (C=O) groups excluding carboxylic acids is 1. The van der Waals surface area contributed by atoms with Crippen LogP contribution < -0.4 is 5.32 Å². The van der Waals surface area contributed by atoms with Gasteiger partial charge < -0.3 is 10.4 Å². The van der Waals surface area contributed by atoms with Gasteiger partial charge in [-0.15, -0.1) is 0 Å². The molecule has 2 N–H and O–H groups in total. The number of hydrogen-bond donors (Lipinski definition) is 2. The number of piperidine rings is 1. The van der Waals surface area contributed by atoms with Gasteiger partial charge in [-0.05, 0) is 44.5 Å². The zero-order valence-corrected chi connectivity index (χ0v) is 13.1. The van der Waals surface area contributed by atoms with Crippen molar-refractivity contribution in [2.75, 3.05) is 18.4 Å². The van der Waals surface area contributed by atoms with Crippen LogP contribution in [0.3, 0.4) is 0 Å². The van der Waals surface area contributed by atoms with Gasteiger partial charge in [0, 0.05) is 12.2 Å². The van der Waals surface area contributed by atoms with Crippen LogP contribution in [0.2, 0.25) is 0 Å². The van der Waals surface area contributed by atoms with Gasteiger partial charge in [0.1, 0.15) is 0 Å². The number of amides is 1. The average molecular weight is 344 g/mol. The lowest BCUT2D eigenvalue weighted by Gasteiger charge is -2.34. The number of hydrogen-bond acceptors (Lipinski definition) is 3. The van der Waals surface area contributed by atoms with Crippen LogP contribution in [0.25, 0.3) is 0 Å². The maximum Gasteiger partial charge on any atom is 0.416 e. The van der Waals surface area contributed by atoms with E-state index in [9.17, 15) is 22.8 Å². The number of benzene rings is 1. The number of likely N-dealkylation sites (tertiary alicyclic amines) is 1. The summed E-state index contributed by atoms with van der Waals surface area (Å²) in [7, 11) is 0. The topological polar surface area (TPSA) is 69.6 Å². The maximum absolute atomic E-state index is 12.7. The van der Waals surface area contributed by atoms with E-state index in [1.807, 2.05) is 0 Å². The molecule has 0 bridgehead atoms. The molecule has 1 fully saturated rings. The van der Waals surface area contributed by atoms with Crippen LogP contribution in [-0.2, 0) is 15.8 Å². The van der Waals surface area contributed by atoms with Gasteiger partial charge in [0.15, 0.2) is 0 Å². The largest absolute Gasteiger partial charge is 0.481 e. The number of aliphatic carboxylic acids is 1. The van der Waals surface area contributed by atoms with Crippen molar-refractivity contribution in [3.05, 3.63) is 29.8 Å². The minimum absolute atomic E-state index is 0.0634. The Balaban J connectivity index is 2.03. The third-order valence-electron chi connectivity index (χ3n) is 4.19. The Kier molecular flexibility index (Phi) is 5.48. The number of rotatable bonds is 4. The van der Waals surface area contributed by atoms with Crippen molar-refractivity contribution < 1.29 is 27.9 Å². The second-order valence-electron chi connectivity index (χ2n) is 5.92. The molecule has 1 aromatic rings. The Morgan fingerprint density at radius 1 is 1.38 bits per heavy atom. The molecule has 5 nitrogen and oxygen atoms in total. The molecule has 132 valence electrons. The lowest BCUT2D eigenvalue weighted by Crippen LogP contribution is -2.48. The van der Waals surface area contributed by atoms with Crippen molar-refractivity contribution in [1.82, 2.24) is 4.90 Å². The van der Waals surface area contributed by atoms with E-state index in [-0.39, 0.29) is 12.2 Å². The van der Waals surface area contributed by atoms with Crippen LogP contribution >= 0.6 is 0 Å².